The molecule has 50 heavy (non-hydrogen) atoms. The second-order valence-electron chi connectivity index (χ2n) is 14.1. The molecule has 0 saturated carbocycles. The van der Waals surface area contributed by atoms with Gasteiger partial charge in [-0.15, -0.1) is 0 Å². The van der Waals surface area contributed by atoms with Crippen molar-refractivity contribution in [1.82, 2.24) is 20.9 Å². The second kappa shape index (κ2) is 17.1. The molecule has 272 valence electrons. The maximum atomic E-state index is 13.8. The maximum Gasteiger partial charge on any atom is 0.407 e. The highest BCUT2D eigenvalue weighted by molar-refractivity contribution is 7.92. The zero-order chi connectivity index (χ0) is 37.3. The van der Waals surface area contributed by atoms with Crippen molar-refractivity contribution in [3.05, 3.63) is 90.1 Å². The molecule has 1 heterocycles. The van der Waals surface area contributed by atoms with Crippen LogP contribution in [0.15, 0.2) is 79.0 Å². The molecule has 0 spiro atoms. The summed E-state index contributed by atoms with van der Waals surface area (Å²) in [6, 6.07) is 19.6. The number of carbonyl (C=O) groups is 3. The molecule has 5 N–H and O–H groups in total. The van der Waals surface area contributed by atoms with Gasteiger partial charge < -0.3 is 30.9 Å². The van der Waals surface area contributed by atoms with E-state index in [1.54, 1.807) is 39.1 Å². The number of aliphatic hydroxyl groups excluding tert-OH is 2. The van der Waals surface area contributed by atoms with Gasteiger partial charge in [0.1, 0.15) is 10.8 Å². The van der Waals surface area contributed by atoms with Crippen LogP contribution in [0.5, 0.6) is 0 Å². The number of aromatic nitrogens is 1. The molecule has 0 aliphatic heterocycles. The molecular formula is C37H50N4O8S. The van der Waals surface area contributed by atoms with E-state index in [0.717, 1.165) is 28.6 Å². The Morgan fingerprint density at radius 1 is 0.800 bits per heavy atom. The van der Waals surface area contributed by atoms with Crippen LogP contribution in [0, 0.1) is 5.41 Å². The molecular weight excluding hydrogens is 660 g/mol. The lowest BCUT2D eigenvalue weighted by Gasteiger charge is -2.34. The van der Waals surface area contributed by atoms with Crippen molar-refractivity contribution in [2.75, 3.05) is 13.4 Å². The van der Waals surface area contributed by atoms with Crippen LogP contribution in [-0.4, -0.2) is 90.0 Å². The number of amides is 3. The van der Waals surface area contributed by atoms with Crippen molar-refractivity contribution < 1.29 is 37.8 Å². The minimum Gasteiger partial charge on any atom is -0.453 e. The summed E-state index contributed by atoms with van der Waals surface area (Å²) in [7, 11) is -2.64. The zero-order valence-corrected chi connectivity index (χ0v) is 30.5. The van der Waals surface area contributed by atoms with E-state index in [9.17, 15) is 33.0 Å². The Morgan fingerprint density at radius 2 is 1.40 bits per heavy atom. The molecule has 0 fully saturated rings. The number of nitrogens with one attached hydrogen (secondary N) is 3. The monoisotopic (exact) mass is 710 g/mol. The highest BCUT2D eigenvalue weighted by Crippen LogP contribution is 2.24. The highest BCUT2D eigenvalue weighted by atomic mass is 32.2. The molecule has 13 heteroatoms. The summed E-state index contributed by atoms with van der Waals surface area (Å²) in [5.41, 5.74) is 2.59. The molecule has 3 rings (SSSR count). The topological polar surface area (TPSA) is 184 Å². The van der Waals surface area contributed by atoms with Crippen LogP contribution in [0.4, 0.5) is 4.79 Å². The predicted octanol–water partition coefficient (Wildman–Crippen LogP) is 3.21. The molecule has 0 unspecified atom stereocenters. The van der Waals surface area contributed by atoms with Crippen LogP contribution in [0.3, 0.4) is 0 Å². The van der Waals surface area contributed by atoms with E-state index in [0.29, 0.717) is 0 Å². The van der Waals surface area contributed by atoms with Crippen LogP contribution < -0.4 is 16.0 Å². The Labute approximate surface area is 295 Å². The van der Waals surface area contributed by atoms with Crippen molar-refractivity contribution >= 4 is 27.7 Å². The molecule has 5 atom stereocenters. The summed E-state index contributed by atoms with van der Waals surface area (Å²) in [4.78, 5) is 43.6. The molecule has 3 aromatic rings. The smallest absolute Gasteiger partial charge is 0.407 e. The van der Waals surface area contributed by atoms with Crippen LogP contribution >= 0.6 is 0 Å². The summed E-state index contributed by atoms with van der Waals surface area (Å²) in [5.74, 6) is -1.46. The van der Waals surface area contributed by atoms with Gasteiger partial charge in [-0.05, 0) is 61.8 Å². The van der Waals surface area contributed by atoms with E-state index in [1.807, 2.05) is 60.7 Å². The number of pyridine rings is 1. The van der Waals surface area contributed by atoms with Crippen LogP contribution in [0.1, 0.15) is 52.2 Å². The van der Waals surface area contributed by atoms with Gasteiger partial charge in [0.2, 0.25) is 5.91 Å². The Balaban J connectivity index is 1.95. The van der Waals surface area contributed by atoms with E-state index in [4.69, 9.17) is 4.74 Å². The number of rotatable bonds is 15. The Kier molecular flexibility index (Phi) is 13.7. The number of carbonyl (C=O) groups excluding carboxylic acids is 3. The number of benzene rings is 2. The van der Waals surface area contributed by atoms with Crippen molar-refractivity contribution in [3.8, 4) is 11.3 Å². The SMILES string of the molecule is COC(=O)N[C@H](C(=O)N[C@@H](Cc1ccc(-c2ccccn2)cc1)C[C@H](O)[C@H](Cc1ccccc1)NC(=O)[C@@H](O)C(C)(C)S(C)(=O)=O)C(C)(C)C. The maximum absolute atomic E-state index is 13.8. The lowest BCUT2D eigenvalue weighted by Crippen LogP contribution is -2.58. The van der Waals surface area contributed by atoms with E-state index in [2.05, 4.69) is 20.9 Å². The van der Waals surface area contributed by atoms with Gasteiger partial charge in [0, 0.05) is 24.1 Å². The van der Waals surface area contributed by atoms with Gasteiger partial charge in [-0.3, -0.25) is 14.6 Å². The molecule has 0 bridgehead atoms. The standard InChI is InChI=1S/C37H50N4O8S/c1-36(2,3)31(41-35(46)49-6)33(44)39-27(21-25-16-18-26(19-17-25)28-15-11-12-20-38-28)23-30(42)29(22-24-13-9-8-10-14-24)40-34(45)32(43)37(4,5)50(7,47)48/h8-20,27,29-32,42-43H,21-23H2,1-7H3,(H,39,44)(H,40,45)(H,41,46)/t27-,29-,30-,31+,32+/m0/s1. The number of aliphatic hydroxyl groups is 2. The van der Waals surface area contributed by atoms with Crippen LogP contribution in [-0.2, 0) is 37.0 Å². The summed E-state index contributed by atoms with van der Waals surface area (Å²) in [5, 5.41) is 30.8. The molecule has 2 aromatic carbocycles. The molecule has 0 radical (unpaired) electrons. The third kappa shape index (κ3) is 11.1. The fraction of sp³-hybridized carbons (Fsp3) is 0.459. The normalized spacial score (nSPS) is 15.1. The lowest BCUT2D eigenvalue weighted by atomic mass is 9.85. The Hall–Kier alpha value is -4.33. The van der Waals surface area contributed by atoms with Gasteiger partial charge in [-0.25, -0.2) is 13.2 Å². The van der Waals surface area contributed by atoms with Gasteiger partial charge in [0.05, 0.1) is 24.9 Å². The minimum absolute atomic E-state index is 0.0494. The van der Waals surface area contributed by atoms with E-state index in [1.165, 1.54) is 21.0 Å². The van der Waals surface area contributed by atoms with Crippen molar-refractivity contribution in [3.63, 3.8) is 0 Å². The third-order valence-electron chi connectivity index (χ3n) is 8.80. The van der Waals surface area contributed by atoms with Crippen LogP contribution in [0.25, 0.3) is 11.3 Å². The quantitative estimate of drug-likeness (QED) is 0.158. The number of nitrogens with zero attached hydrogens (tertiary/aromatic N) is 1. The average molecular weight is 711 g/mol. The van der Waals surface area contributed by atoms with Crippen molar-refractivity contribution in [2.24, 2.45) is 5.41 Å². The fourth-order valence-electron chi connectivity index (χ4n) is 5.35. The Morgan fingerprint density at radius 3 is 1.94 bits per heavy atom. The van der Waals surface area contributed by atoms with Crippen molar-refractivity contribution in [2.45, 2.75) is 89.0 Å². The number of hydrogen-bond acceptors (Lipinski definition) is 9. The second-order valence-corrected chi connectivity index (χ2v) is 16.7. The van der Waals surface area contributed by atoms with Gasteiger partial charge >= 0.3 is 6.09 Å². The first-order valence-electron chi connectivity index (χ1n) is 16.4. The van der Waals surface area contributed by atoms with Gasteiger partial charge in [-0.2, -0.15) is 0 Å². The molecule has 0 saturated heterocycles. The highest BCUT2D eigenvalue weighted by Gasteiger charge is 2.43. The number of methoxy groups -OCH3 is 1. The van der Waals surface area contributed by atoms with E-state index in [-0.39, 0.29) is 19.3 Å². The number of hydrogen-bond donors (Lipinski definition) is 5. The predicted molar refractivity (Wildman–Crippen MR) is 192 cm³/mol. The molecule has 1 aromatic heterocycles. The van der Waals surface area contributed by atoms with Gasteiger partial charge in [0.15, 0.2) is 15.9 Å². The first-order valence-corrected chi connectivity index (χ1v) is 18.3. The largest absolute Gasteiger partial charge is 0.453 e. The summed E-state index contributed by atoms with van der Waals surface area (Å²) in [6.45, 7) is 7.90. The third-order valence-corrected chi connectivity index (χ3v) is 10.9. The minimum atomic E-state index is -3.84. The Bertz CT molecular complexity index is 1680. The number of alkyl carbamates (subject to hydrolysis) is 1. The lowest BCUT2D eigenvalue weighted by molar-refractivity contribution is -0.132. The number of ether oxygens (including phenoxy) is 1. The van der Waals surface area contributed by atoms with E-state index < -0.39 is 68.2 Å². The molecule has 0 aliphatic carbocycles. The molecule has 12 nitrogen and oxygen atoms in total. The average Bonchev–Trinajstić information content (AvgIpc) is 3.06. The van der Waals surface area contributed by atoms with Gasteiger partial charge in [0.25, 0.3) is 5.91 Å². The molecule has 0 aliphatic rings. The number of sulfone groups is 1. The first-order chi connectivity index (χ1) is 23.3. The van der Waals surface area contributed by atoms with E-state index >= 15 is 0 Å². The van der Waals surface area contributed by atoms with Crippen molar-refractivity contribution in [1.29, 1.82) is 0 Å². The first kappa shape index (κ1) is 40.1. The zero-order valence-electron chi connectivity index (χ0n) is 29.7. The summed E-state index contributed by atoms with van der Waals surface area (Å²) in [6.07, 6.45) is -0.953. The fourth-order valence-corrected chi connectivity index (χ4v) is 5.86. The van der Waals surface area contributed by atoms with Gasteiger partial charge in [-0.1, -0.05) is 81.4 Å². The van der Waals surface area contributed by atoms with Crippen LogP contribution in [0.2, 0.25) is 0 Å². The summed E-state index contributed by atoms with van der Waals surface area (Å²) < 4.78 is 27.7. The summed E-state index contributed by atoms with van der Waals surface area (Å²) >= 11 is 0. The molecule has 3 amide bonds.